The average Bonchev–Trinajstić information content (AvgIpc) is 2.75. The molecule has 0 bridgehead atoms. The molecule has 2 heterocycles. The summed E-state index contributed by atoms with van der Waals surface area (Å²) in [6.45, 7) is 7.54. The van der Waals surface area contributed by atoms with Crippen LogP contribution in [0, 0.1) is 0 Å². The summed E-state index contributed by atoms with van der Waals surface area (Å²) in [5.41, 5.74) is 1.27. The van der Waals surface area contributed by atoms with Gasteiger partial charge >= 0.3 is 6.09 Å². The molecule has 1 atom stereocenters. The van der Waals surface area contributed by atoms with Crippen LogP contribution in [-0.2, 0) is 4.74 Å². The summed E-state index contributed by atoms with van der Waals surface area (Å²) >= 11 is 1.37. The van der Waals surface area contributed by atoms with Gasteiger partial charge in [-0.25, -0.2) is 4.79 Å². The van der Waals surface area contributed by atoms with Gasteiger partial charge in [0.25, 0.3) is 0 Å². The van der Waals surface area contributed by atoms with Crippen molar-refractivity contribution in [3.8, 4) is 0 Å². The van der Waals surface area contributed by atoms with Gasteiger partial charge < -0.3 is 10.1 Å². The predicted molar refractivity (Wildman–Crippen MR) is 76.8 cm³/mol. The molecule has 0 aliphatic carbocycles. The minimum atomic E-state index is -0.486. The Hall–Kier alpha value is -1.14. The van der Waals surface area contributed by atoms with E-state index in [1.807, 2.05) is 26.2 Å². The first-order valence-electron chi connectivity index (χ1n) is 6.61. The van der Waals surface area contributed by atoms with Crippen LogP contribution in [-0.4, -0.2) is 29.2 Å². The van der Waals surface area contributed by atoms with Crippen LogP contribution in [0.1, 0.15) is 45.2 Å². The molecular weight excluding hydrogens is 262 g/mol. The van der Waals surface area contributed by atoms with E-state index in [9.17, 15) is 4.79 Å². The zero-order valence-electron chi connectivity index (χ0n) is 11.7. The molecule has 1 aliphatic rings. The monoisotopic (exact) mass is 283 g/mol. The second kappa shape index (κ2) is 5.88. The quantitative estimate of drug-likeness (QED) is 0.876. The van der Waals surface area contributed by atoms with Crippen molar-refractivity contribution in [3.05, 3.63) is 11.1 Å². The molecule has 0 saturated carbocycles. The van der Waals surface area contributed by atoms with E-state index < -0.39 is 11.7 Å². The third-order valence-corrected chi connectivity index (χ3v) is 3.56. The summed E-state index contributed by atoms with van der Waals surface area (Å²) in [5.74, 6) is 0.380. The third-order valence-electron chi connectivity index (χ3n) is 2.92. The van der Waals surface area contributed by atoms with Crippen molar-refractivity contribution in [2.45, 2.75) is 45.1 Å². The molecular formula is C13H21N3O2S. The number of carbonyl (C=O) groups excluding carboxylic acids is 1. The SMILES string of the molecule is CC(C)(C)OC(=O)Nc1csnc1C1CCCNC1. The van der Waals surface area contributed by atoms with E-state index in [1.54, 1.807) is 0 Å². The van der Waals surface area contributed by atoms with Crippen LogP contribution in [0.3, 0.4) is 0 Å². The number of hydrogen-bond acceptors (Lipinski definition) is 5. The Morgan fingerprint density at radius 1 is 1.58 bits per heavy atom. The molecule has 1 fully saturated rings. The zero-order chi connectivity index (χ0) is 13.9. The molecule has 0 radical (unpaired) electrons. The first-order chi connectivity index (χ1) is 8.96. The summed E-state index contributed by atoms with van der Waals surface area (Å²) in [6, 6.07) is 0. The van der Waals surface area contributed by atoms with Crippen LogP contribution < -0.4 is 10.6 Å². The second-order valence-electron chi connectivity index (χ2n) is 5.78. The average molecular weight is 283 g/mol. The standard InChI is InChI=1S/C13H21N3O2S/c1-13(2,3)18-12(17)15-10-8-19-16-11(10)9-5-4-6-14-7-9/h8-9,14H,4-7H2,1-3H3,(H,15,17). The summed E-state index contributed by atoms with van der Waals surface area (Å²) < 4.78 is 9.69. The molecule has 1 aromatic heterocycles. The summed E-state index contributed by atoms with van der Waals surface area (Å²) in [7, 11) is 0. The van der Waals surface area contributed by atoms with E-state index in [1.165, 1.54) is 11.5 Å². The maximum absolute atomic E-state index is 11.8. The van der Waals surface area contributed by atoms with Crippen LogP contribution in [0.2, 0.25) is 0 Å². The molecule has 1 aliphatic heterocycles. The Morgan fingerprint density at radius 3 is 3.00 bits per heavy atom. The van der Waals surface area contributed by atoms with Crippen LogP contribution >= 0.6 is 11.5 Å². The van der Waals surface area contributed by atoms with Gasteiger partial charge in [-0.05, 0) is 51.7 Å². The van der Waals surface area contributed by atoms with E-state index in [0.29, 0.717) is 5.92 Å². The van der Waals surface area contributed by atoms with Crippen LogP contribution in [0.5, 0.6) is 0 Å². The molecule has 2 rings (SSSR count). The number of hydrogen-bond donors (Lipinski definition) is 2. The maximum atomic E-state index is 11.8. The van der Waals surface area contributed by atoms with Crippen LogP contribution in [0.15, 0.2) is 5.38 Å². The highest BCUT2D eigenvalue weighted by atomic mass is 32.1. The number of piperidine rings is 1. The number of amides is 1. The van der Waals surface area contributed by atoms with Gasteiger partial charge in [0, 0.05) is 17.8 Å². The molecule has 5 nitrogen and oxygen atoms in total. The van der Waals surface area contributed by atoms with Crippen molar-refractivity contribution < 1.29 is 9.53 Å². The lowest BCUT2D eigenvalue weighted by Crippen LogP contribution is -2.30. The van der Waals surface area contributed by atoms with Gasteiger partial charge in [-0.15, -0.1) is 0 Å². The highest BCUT2D eigenvalue weighted by Crippen LogP contribution is 2.30. The van der Waals surface area contributed by atoms with E-state index in [2.05, 4.69) is 15.0 Å². The number of ether oxygens (including phenoxy) is 1. The lowest BCUT2D eigenvalue weighted by molar-refractivity contribution is 0.0635. The highest BCUT2D eigenvalue weighted by Gasteiger charge is 2.23. The molecule has 2 N–H and O–H groups in total. The minimum Gasteiger partial charge on any atom is -0.444 e. The Morgan fingerprint density at radius 2 is 2.37 bits per heavy atom. The minimum absolute atomic E-state index is 0.380. The van der Waals surface area contributed by atoms with Crippen molar-refractivity contribution in [1.82, 2.24) is 9.69 Å². The van der Waals surface area contributed by atoms with Gasteiger partial charge in [0.05, 0.1) is 11.4 Å². The predicted octanol–water partition coefficient (Wildman–Crippen LogP) is 2.96. The fourth-order valence-electron chi connectivity index (χ4n) is 2.13. The maximum Gasteiger partial charge on any atom is 0.412 e. The number of rotatable bonds is 2. The smallest absolute Gasteiger partial charge is 0.412 e. The van der Waals surface area contributed by atoms with Crippen molar-refractivity contribution in [2.24, 2.45) is 0 Å². The molecule has 19 heavy (non-hydrogen) atoms. The van der Waals surface area contributed by atoms with Crippen molar-refractivity contribution in [2.75, 3.05) is 18.4 Å². The van der Waals surface area contributed by atoms with Gasteiger partial charge in [0.1, 0.15) is 5.60 Å². The lowest BCUT2D eigenvalue weighted by atomic mass is 9.95. The fourth-order valence-corrected chi connectivity index (χ4v) is 2.83. The van der Waals surface area contributed by atoms with Crippen LogP contribution in [0.4, 0.5) is 10.5 Å². The molecule has 6 heteroatoms. The van der Waals surface area contributed by atoms with E-state index in [4.69, 9.17) is 4.74 Å². The molecule has 106 valence electrons. The first kappa shape index (κ1) is 14.3. The van der Waals surface area contributed by atoms with Gasteiger partial charge in [-0.2, -0.15) is 4.37 Å². The number of nitrogens with one attached hydrogen (secondary N) is 2. The fraction of sp³-hybridized carbons (Fsp3) is 0.692. The number of carbonyl (C=O) groups is 1. The second-order valence-corrected chi connectivity index (χ2v) is 6.41. The number of aromatic nitrogens is 1. The summed E-state index contributed by atoms with van der Waals surface area (Å²) in [5, 5.41) is 8.03. The van der Waals surface area contributed by atoms with Crippen molar-refractivity contribution in [3.63, 3.8) is 0 Å². The van der Waals surface area contributed by atoms with Gasteiger partial charge in [-0.1, -0.05) is 0 Å². The highest BCUT2D eigenvalue weighted by molar-refractivity contribution is 7.04. The third kappa shape index (κ3) is 4.18. The van der Waals surface area contributed by atoms with Gasteiger partial charge in [0.2, 0.25) is 0 Å². The van der Waals surface area contributed by atoms with Crippen LogP contribution in [0.25, 0.3) is 0 Å². The Balaban J connectivity index is 2.01. The molecule has 0 aromatic carbocycles. The lowest BCUT2D eigenvalue weighted by Gasteiger charge is -2.23. The normalized spacial score (nSPS) is 20.1. The molecule has 1 amide bonds. The van der Waals surface area contributed by atoms with E-state index in [0.717, 1.165) is 37.3 Å². The largest absolute Gasteiger partial charge is 0.444 e. The first-order valence-corrected chi connectivity index (χ1v) is 7.44. The van der Waals surface area contributed by atoms with Crippen molar-refractivity contribution >= 4 is 23.3 Å². The van der Waals surface area contributed by atoms with E-state index >= 15 is 0 Å². The zero-order valence-corrected chi connectivity index (χ0v) is 12.5. The molecule has 1 saturated heterocycles. The number of nitrogens with zero attached hydrogens (tertiary/aromatic N) is 1. The summed E-state index contributed by atoms with van der Waals surface area (Å²) in [6.07, 6.45) is 1.84. The Labute approximate surface area is 117 Å². The molecule has 1 unspecified atom stereocenters. The Kier molecular flexibility index (Phi) is 4.42. The summed E-state index contributed by atoms with van der Waals surface area (Å²) in [4.78, 5) is 11.8. The molecule has 1 aromatic rings. The Bertz CT molecular complexity index is 433. The molecule has 0 spiro atoms. The van der Waals surface area contributed by atoms with E-state index in [-0.39, 0.29) is 0 Å². The van der Waals surface area contributed by atoms with Crippen molar-refractivity contribution in [1.29, 1.82) is 0 Å². The van der Waals surface area contributed by atoms with Gasteiger partial charge in [-0.3, -0.25) is 5.32 Å². The topological polar surface area (TPSA) is 63.2 Å². The number of anilines is 1. The van der Waals surface area contributed by atoms with Gasteiger partial charge in [0.15, 0.2) is 0 Å².